The topological polar surface area (TPSA) is 169 Å². The van der Waals surface area contributed by atoms with Crippen LogP contribution in [0, 0.1) is 58.2 Å². The zero-order chi connectivity index (χ0) is 35.8. The van der Waals surface area contributed by atoms with Crippen molar-refractivity contribution in [3.8, 4) is 0 Å². The van der Waals surface area contributed by atoms with Gasteiger partial charge < -0.3 is 45.7 Å². The summed E-state index contributed by atoms with van der Waals surface area (Å²) in [7, 11) is 1.91. The van der Waals surface area contributed by atoms with E-state index in [2.05, 4.69) is 35.8 Å². The lowest BCUT2D eigenvalue weighted by Gasteiger charge is -2.73. The Labute approximate surface area is 301 Å². The molecule has 9 rings (SSSR count). The lowest BCUT2D eigenvalue weighted by molar-refractivity contribution is -0.375. The van der Waals surface area contributed by atoms with Gasteiger partial charge in [0, 0.05) is 48.9 Å². The van der Waals surface area contributed by atoms with Crippen LogP contribution in [0.25, 0.3) is 0 Å². The minimum absolute atomic E-state index is 0.0778. The van der Waals surface area contributed by atoms with Gasteiger partial charge in [-0.05, 0) is 118 Å². The maximum Gasteiger partial charge on any atom is 0.332 e. The smallest absolute Gasteiger partial charge is 0.332 e. The number of carbonyl (C=O) groups excluding carboxylic acids is 2. The van der Waals surface area contributed by atoms with Crippen molar-refractivity contribution in [2.75, 3.05) is 26.7 Å². The first-order valence-corrected chi connectivity index (χ1v) is 20.1. The highest BCUT2D eigenvalue weighted by molar-refractivity contribution is 5.88. The van der Waals surface area contributed by atoms with Gasteiger partial charge >= 0.3 is 5.97 Å². The highest BCUT2D eigenvalue weighted by Gasteiger charge is 2.85. The second kappa shape index (κ2) is 11.5. The number of carbonyl (C=O) groups is 2. The average Bonchev–Trinajstić information content (AvgIpc) is 3.50. The molecule has 2 bridgehead atoms. The molecule has 6 saturated carbocycles. The molecule has 0 aromatic carbocycles. The second-order valence-corrected chi connectivity index (χ2v) is 18.5. The van der Waals surface area contributed by atoms with E-state index in [1.165, 1.54) is 0 Å². The van der Waals surface area contributed by atoms with Gasteiger partial charge in [-0.15, -0.1) is 0 Å². The molecule has 0 radical (unpaired) electrons. The number of allylic oxidation sites excluding steroid dienone is 3. The third-order valence-corrected chi connectivity index (χ3v) is 17.1. The molecule has 0 saturated heterocycles. The summed E-state index contributed by atoms with van der Waals surface area (Å²) in [6.07, 6.45) is 12.9. The molecule has 1 heterocycles. The molecular formula is C41H58N2O8. The predicted molar refractivity (Wildman–Crippen MR) is 188 cm³/mol. The fourth-order valence-electron chi connectivity index (χ4n) is 15.1. The van der Waals surface area contributed by atoms with Crippen molar-refractivity contribution in [3.05, 3.63) is 35.5 Å². The van der Waals surface area contributed by atoms with Gasteiger partial charge in [0.2, 0.25) is 0 Å². The van der Waals surface area contributed by atoms with Gasteiger partial charge in [-0.25, -0.2) is 4.79 Å². The highest BCUT2D eigenvalue weighted by Crippen LogP contribution is 2.78. The third kappa shape index (κ3) is 4.03. The molecule has 0 amide bonds. The van der Waals surface area contributed by atoms with Crippen LogP contribution in [0.2, 0.25) is 0 Å². The minimum Gasteiger partial charge on any atom is -0.447 e. The predicted octanol–water partition coefficient (Wildman–Crippen LogP) is 2.33. The van der Waals surface area contributed by atoms with Crippen LogP contribution in [0.4, 0.5) is 0 Å². The first-order chi connectivity index (χ1) is 24.4. The Morgan fingerprint density at radius 1 is 0.980 bits per heavy atom. The normalized spacial score (nSPS) is 54.9. The van der Waals surface area contributed by atoms with Crippen molar-refractivity contribution in [2.24, 2.45) is 58.2 Å². The molecule has 1 spiro atoms. The van der Waals surface area contributed by atoms with E-state index in [1.807, 2.05) is 7.05 Å². The number of ether oxygens (including phenoxy) is 1. The molecule has 0 aromatic heterocycles. The average molecular weight is 707 g/mol. The number of nitrogens with one attached hydrogen (secondary N) is 2. The van der Waals surface area contributed by atoms with E-state index in [9.17, 15) is 35.1 Å². The van der Waals surface area contributed by atoms with Gasteiger partial charge in [-0.2, -0.15) is 0 Å². The minimum atomic E-state index is -2.11. The molecule has 6 fully saturated rings. The zero-order valence-electron chi connectivity index (χ0n) is 30.2. The summed E-state index contributed by atoms with van der Waals surface area (Å²) in [5.74, 6) is -2.89. The van der Waals surface area contributed by atoms with Crippen LogP contribution in [0.15, 0.2) is 35.5 Å². The SMILES string of the molecule is CNCCNCC1=C[C@H]2C[C@@]3(O)[C@]4(CCCC[C@@]15OC(=O)C=C5[C@@H]24)CC[C@H]1[C@@]3(O)[C@@H](O)[C@@H]2C[C@H]3[C@H](C=CC[C@@H]3C)C[C@@H]3[C@@H](O)CC[C@@]1(C=O)[C@@]32O. The summed E-state index contributed by atoms with van der Waals surface area (Å²) in [5, 5.41) is 72.2. The van der Waals surface area contributed by atoms with Crippen LogP contribution < -0.4 is 10.6 Å². The summed E-state index contributed by atoms with van der Waals surface area (Å²) in [4.78, 5) is 27.2. The monoisotopic (exact) mass is 706 g/mol. The third-order valence-electron chi connectivity index (χ3n) is 17.1. The lowest BCUT2D eigenvalue weighted by Crippen LogP contribution is -2.85. The van der Waals surface area contributed by atoms with Gasteiger partial charge in [0.05, 0.1) is 23.2 Å². The molecule has 51 heavy (non-hydrogen) atoms. The summed E-state index contributed by atoms with van der Waals surface area (Å²) in [5.41, 5.74) is -6.99. The number of aliphatic hydroxyl groups is 5. The maximum atomic E-state index is 13.9. The van der Waals surface area contributed by atoms with Crippen molar-refractivity contribution in [1.82, 2.24) is 10.6 Å². The van der Waals surface area contributed by atoms with Crippen molar-refractivity contribution in [1.29, 1.82) is 0 Å². The van der Waals surface area contributed by atoms with E-state index in [-0.39, 0.29) is 48.4 Å². The Morgan fingerprint density at radius 3 is 2.57 bits per heavy atom. The van der Waals surface area contributed by atoms with E-state index in [1.54, 1.807) is 6.08 Å². The number of rotatable bonds is 6. The quantitative estimate of drug-likeness (QED) is 0.0943. The molecule has 7 N–H and O–H groups in total. The summed E-state index contributed by atoms with van der Waals surface area (Å²) in [6.45, 7) is 4.23. The van der Waals surface area contributed by atoms with E-state index < -0.39 is 63.2 Å². The van der Waals surface area contributed by atoms with Gasteiger partial charge in [0.1, 0.15) is 17.5 Å². The van der Waals surface area contributed by atoms with E-state index in [4.69, 9.17) is 4.74 Å². The molecular weight excluding hydrogens is 648 g/mol. The van der Waals surface area contributed by atoms with Crippen molar-refractivity contribution < 1.29 is 39.9 Å². The number of fused-ring (bicyclic) bond motifs is 4. The van der Waals surface area contributed by atoms with Crippen molar-refractivity contribution in [2.45, 2.75) is 119 Å². The Morgan fingerprint density at radius 2 is 1.78 bits per heavy atom. The fraction of sp³-hybridized carbons (Fsp3) is 0.805. The van der Waals surface area contributed by atoms with Gasteiger partial charge in [-0.1, -0.05) is 31.6 Å². The summed E-state index contributed by atoms with van der Waals surface area (Å²) in [6, 6.07) is 0. The zero-order valence-corrected chi connectivity index (χ0v) is 30.2. The lowest BCUT2D eigenvalue weighted by atomic mass is 9.35. The number of hydrogen-bond donors (Lipinski definition) is 7. The van der Waals surface area contributed by atoms with Crippen LogP contribution in [0.5, 0.6) is 0 Å². The summed E-state index contributed by atoms with van der Waals surface area (Å²) < 4.78 is 6.31. The molecule has 16 atom stereocenters. The van der Waals surface area contributed by atoms with E-state index >= 15 is 0 Å². The number of hydrogen-bond acceptors (Lipinski definition) is 10. The fourth-order valence-corrected chi connectivity index (χ4v) is 15.1. The second-order valence-electron chi connectivity index (χ2n) is 18.5. The van der Waals surface area contributed by atoms with E-state index in [0.717, 1.165) is 49.8 Å². The molecule has 8 aliphatic carbocycles. The van der Waals surface area contributed by atoms with Gasteiger partial charge in [-0.3, -0.25) is 0 Å². The Kier molecular flexibility index (Phi) is 7.88. The van der Waals surface area contributed by atoms with Gasteiger partial charge in [0.25, 0.3) is 0 Å². The number of aliphatic hydroxyl groups excluding tert-OH is 2. The highest BCUT2D eigenvalue weighted by atomic mass is 16.6. The Bertz CT molecular complexity index is 1580. The Balaban J connectivity index is 1.21. The van der Waals surface area contributed by atoms with Crippen LogP contribution in [0.3, 0.4) is 0 Å². The van der Waals surface area contributed by atoms with Crippen molar-refractivity contribution >= 4 is 12.3 Å². The van der Waals surface area contributed by atoms with Crippen LogP contribution >= 0.6 is 0 Å². The van der Waals surface area contributed by atoms with Crippen molar-refractivity contribution in [3.63, 3.8) is 0 Å². The molecule has 1 aliphatic heterocycles. The molecule has 0 unspecified atom stereocenters. The maximum absolute atomic E-state index is 13.9. The first-order valence-electron chi connectivity index (χ1n) is 20.1. The molecule has 0 aromatic rings. The number of aldehydes is 1. The number of likely N-dealkylation sites (N-methyl/N-ethyl adjacent to an activating group) is 1. The molecule has 10 heteroatoms. The van der Waals surface area contributed by atoms with Crippen LogP contribution in [0.1, 0.15) is 84.0 Å². The van der Waals surface area contributed by atoms with E-state index in [0.29, 0.717) is 51.5 Å². The molecule has 9 aliphatic rings. The van der Waals surface area contributed by atoms with Crippen LogP contribution in [-0.2, 0) is 14.3 Å². The Hall–Kier alpha value is -1.92. The standard InChI is InChI=1S/C41H58N2O8/c1-23-6-5-7-24-17-28-31(45)8-12-37(22-44)32-9-13-36-10-3-4-11-38-26(21-43-15-14-42-2)16-25(34(36)29(38)19-33(46)51-38)20-39(36,48)41(32,50)35(47)30(18-27(23)24)40(28,37)49/h5,7,16,19,22-25,27-28,30-32,34-35,42-43,45,47-50H,3-4,6,8-15,17-18,20-21H2,1-2H3/t23-,24+,25-,27+,28+,30-,31-,32+,34+,35-,36+,37-,38+,39+,40+,41+/m0/s1. The molecule has 10 nitrogen and oxygen atoms in total. The first kappa shape index (κ1) is 34.8. The molecule has 280 valence electrons. The van der Waals surface area contributed by atoms with Crippen LogP contribution in [-0.4, -0.2) is 99.1 Å². The van der Waals surface area contributed by atoms with Gasteiger partial charge in [0.15, 0.2) is 5.60 Å². The summed E-state index contributed by atoms with van der Waals surface area (Å²) >= 11 is 0. The largest absolute Gasteiger partial charge is 0.447 e. The number of esters is 1.